The van der Waals surface area contributed by atoms with Crippen LogP contribution in [0.3, 0.4) is 0 Å². The van der Waals surface area contributed by atoms with Crippen LogP contribution in [0.5, 0.6) is 5.75 Å². The molecule has 0 saturated carbocycles. The van der Waals surface area contributed by atoms with Crippen LogP contribution in [0, 0.1) is 5.92 Å². The Morgan fingerprint density at radius 3 is 2.54 bits per heavy atom. The monoisotopic (exact) mass is 811 g/mol. The van der Waals surface area contributed by atoms with Crippen LogP contribution >= 0.6 is 18.9 Å². The van der Waals surface area contributed by atoms with Gasteiger partial charge >= 0.3 is 13.5 Å². The Kier molecular flexibility index (Phi) is 11.5. The number of carbonyl (C=O) groups excluding carboxylic acids is 4. The van der Waals surface area contributed by atoms with E-state index in [-0.39, 0.29) is 48.5 Å². The first-order valence-corrected chi connectivity index (χ1v) is 22.8. The van der Waals surface area contributed by atoms with Crippen molar-refractivity contribution >= 4 is 52.6 Å². The number of benzene rings is 2. The number of aromatic nitrogens is 1. The molecule has 2 unspecified atom stereocenters. The Morgan fingerprint density at radius 2 is 1.77 bits per heavy atom. The Hall–Kier alpha value is -4.58. The van der Waals surface area contributed by atoms with E-state index in [0.29, 0.717) is 55.9 Å². The smallest absolute Gasteiger partial charge is 0.324 e. The zero-order valence-corrected chi connectivity index (χ0v) is 34.2. The summed E-state index contributed by atoms with van der Waals surface area (Å²) < 4.78 is 29.3. The van der Waals surface area contributed by atoms with E-state index in [0.717, 1.165) is 40.5 Å². The fourth-order valence-electron chi connectivity index (χ4n) is 8.89. The van der Waals surface area contributed by atoms with Crippen molar-refractivity contribution in [2.45, 2.75) is 95.1 Å². The minimum atomic E-state index is -3.63. The molecule has 2 aromatic carbocycles. The van der Waals surface area contributed by atoms with Crippen molar-refractivity contribution in [1.29, 1.82) is 0 Å². The van der Waals surface area contributed by atoms with E-state index in [1.54, 1.807) is 36.8 Å². The van der Waals surface area contributed by atoms with E-state index >= 15 is 0 Å². The number of amides is 3. The van der Waals surface area contributed by atoms with E-state index in [4.69, 9.17) is 9.26 Å². The molecule has 4 aromatic rings. The van der Waals surface area contributed by atoms with Crippen molar-refractivity contribution in [2.75, 3.05) is 26.2 Å². The van der Waals surface area contributed by atoms with Crippen LogP contribution in [0.4, 0.5) is 0 Å². The van der Waals surface area contributed by atoms with Gasteiger partial charge in [0, 0.05) is 55.2 Å². The summed E-state index contributed by atoms with van der Waals surface area (Å²) in [5, 5.41) is 3.86. The molecule has 4 saturated heterocycles. The minimum Gasteiger partial charge on any atom is -0.462 e. The van der Waals surface area contributed by atoms with E-state index in [2.05, 4.69) is 10.3 Å². The third kappa shape index (κ3) is 8.38. The normalized spacial score (nSPS) is 23.8. The summed E-state index contributed by atoms with van der Waals surface area (Å²) in [6.45, 7) is 5.52. The number of nitrogens with zero attached hydrogens (tertiary/aromatic N) is 4. The van der Waals surface area contributed by atoms with Crippen molar-refractivity contribution in [3.05, 3.63) is 95.1 Å². The van der Waals surface area contributed by atoms with E-state index in [9.17, 15) is 23.7 Å². The second kappa shape index (κ2) is 16.7. The molecule has 4 fully saturated rings. The van der Waals surface area contributed by atoms with Crippen LogP contribution in [0.1, 0.15) is 85.5 Å². The highest BCUT2D eigenvalue weighted by molar-refractivity contribution is 7.56. The van der Waals surface area contributed by atoms with Gasteiger partial charge in [-0.2, -0.15) is 0 Å². The molecule has 5 atom stereocenters. The van der Waals surface area contributed by atoms with Gasteiger partial charge in [-0.3, -0.25) is 28.7 Å². The van der Waals surface area contributed by atoms with Gasteiger partial charge in [0.15, 0.2) is 0 Å². The van der Waals surface area contributed by atoms with Gasteiger partial charge in [0.25, 0.3) is 5.91 Å². The lowest BCUT2D eigenvalue weighted by Gasteiger charge is -2.42. The number of para-hydroxylation sites is 1. The lowest BCUT2D eigenvalue weighted by Crippen LogP contribution is -2.57. The molecule has 0 aliphatic carbocycles. The number of rotatable bonds is 12. The third-order valence-corrected chi connectivity index (χ3v) is 15.4. The van der Waals surface area contributed by atoms with E-state index in [1.807, 2.05) is 70.6 Å². The van der Waals surface area contributed by atoms with Crippen LogP contribution in [-0.2, 0) is 29.8 Å². The Balaban J connectivity index is 0.927. The molecular weight excluding hydrogens is 762 g/mol. The van der Waals surface area contributed by atoms with Gasteiger partial charge < -0.3 is 24.4 Å². The fourth-order valence-corrected chi connectivity index (χ4v) is 12.4. The molecule has 300 valence electrons. The summed E-state index contributed by atoms with van der Waals surface area (Å²) in [7, 11) is -3.63. The predicted octanol–water partition coefficient (Wildman–Crippen LogP) is 7.00. The molecule has 6 heterocycles. The summed E-state index contributed by atoms with van der Waals surface area (Å²) in [5.74, 6) is -0.355. The number of pyridine rings is 1. The quantitative estimate of drug-likeness (QED) is 0.118. The van der Waals surface area contributed by atoms with Crippen LogP contribution in [-0.4, -0.2) is 93.6 Å². The standard InChI is InChI=1S/C43H50N5O7PS/c1-28(2)54-43(52)37-14-8-20-47(37)56(53,55-35-12-4-3-5-13-35)27-29-15-18-38-32(21-29)22-39(57-38)40(49)45-24-31-9-6-11-34-16-17-36(48(34)41(31)50)42(51)46-25-33(26-46)30-10-7-19-44-23-30/h3-5,7,10,12-13,15,18-19,21-23,28,31,33-34,36-37H,6,8-9,11,14,16-17,20,24-27H2,1-2H3,(H,45,49)/t31?,34-,36-,37-,56?/m0/s1. The molecule has 14 heteroatoms. The lowest BCUT2D eigenvalue weighted by molar-refractivity contribution is -0.151. The molecule has 0 radical (unpaired) electrons. The van der Waals surface area contributed by atoms with Gasteiger partial charge in [-0.1, -0.05) is 36.8 Å². The summed E-state index contributed by atoms with van der Waals surface area (Å²) in [4.78, 5) is 62.9. The number of thiophene rings is 1. The van der Waals surface area contributed by atoms with Gasteiger partial charge in [0.1, 0.15) is 17.8 Å². The number of likely N-dealkylation sites (tertiary alicyclic amines) is 1. The highest BCUT2D eigenvalue weighted by atomic mass is 32.1. The van der Waals surface area contributed by atoms with Gasteiger partial charge in [0.2, 0.25) is 11.8 Å². The first-order valence-electron chi connectivity index (χ1n) is 20.2. The Labute approximate surface area is 337 Å². The first-order chi connectivity index (χ1) is 27.6. The minimum absolute atomic E-state index is 0.0252. The Morgan fingerprint density at radius 1 is 0.947 bits per heavy atom. The van der Waals surface area contributed by atoms with Crippen molar-refractivity contribution in [1.82, 2.24) is 24.8 Å². The number of hydrogen-bond donors (Lipinski definition) is 1. The largest absolute Gasteiger partial charge is 0.462 e. The molecular formula is C43H50N5O7PS. The molecule has 0 spiro atoms. The van der Waals surface area contributed by atoms with Gasteiger partial charge in [-0.05, 0) is 105 Å². The SMILES string of the molecule is CC(C)OC(=O)[C@@H]1CCCN1P(=O)(Cc1ccc2sc(C(=O)NCC3CCC[C@H]4CC[C@@H](C(=O)N5CC(c6cccnc6)C5)N4C3=O)cc2c1)Oc1ccccc1. The van der Waals surface area contributed by atoms with Gasteiger partial charge in [0.05, 0.1) is 23.1 Å². The summed E-state index contributed by atoms with van der Waals surface area (Å²) in [6, 6.07) is 19.5. The third-order valence-electron chi connectivity index (χ3n) is 11.8. The molecule has 8 rings (SSSR count). The molecule has 0 bridgehead atoms. The molecule has 1 N–H and O–H groups in total. The molecule has 12 nitrogen and oxygen atoms in total. The Bertz CT molecular complexity index is 2160. The number of hydrogen-bond acceptors (Lipinski definition) is 9. The maximum absolute atomic E-state index is 14.9. The van der Waals surface area contributed by atoms with Crippen LogP contribution < -0.4 is 9.84 Å². The lowest BCUT2D eigenvalue weighted by atomic mass is 9.91. The number of nitrogens with one attached hydrogen (secondary N) is 1. The van der Waals surface area contributed by atoms with Gasteiger partial charge in [-0.25, -0.2) is 4.67 Å². The van der Waals surface area contributed by atoms with Crippen LogP contribution in [0.15, 0.2) is 79.1 Å². The van der Waals surface area contributed by atoms with Crippen molar-refractivity contribution in [3.8, 4) is 5.75 Å². The summed E-state index contributed by atoms with van der Waals surface area (Å²) in [6.07, 6.45) is 8.48. The average Bonchev–Trinajstić information content (AvgIpc) is 3.93. The second-order valence-corrected chi connectivity index (χ2v) is 19.4. The summed E-state index contributed by atoms with van der Waals surface area (Å²) >= 11 is 1.36. The molecule has 57 heavy (non-hydrogen) atoms. The maximum atomic E-state index is 14.9. The van der Waals surface area contributed by atoms with Crippen LogP contribution in [0.25, 0.3) is 10.1 Å². The molecule has 4 aliphatic rings. The average molecular weight is 812 g/mol. The zero-order valence-electron chi connectivity index (χ0n) is 32.5. The highest BCUT2D eigenvalue weighted by Crippen LogP contribution is 2.57. The molecule has 3 amide bonds. The highest BCUT2D eigenvalue weighted by Gasteiger charge is 2.48. The van der Waals surface area contributed by atoms with Crippen molar-refractivity contribution in [3.63, 3.8) is 0 Å². The summed E-state index contributed by atoms with van der Waals surface area (Å²) in [5.41, 5.74) is 1.89. The maximum Gasteiger partial charge on any atom is 0.324 e. The second-order valence-electron chi connectivity index (χ2n) is 16.0. The molecule has 2 aromatic heterocycles. The van der Waals surface area contributed by atoms with Crippen molar-refractivity contribution < 1.29 is 33.0 Å². The van der Waals surface area contributed by atoms with E-state index < -0.39 is 31.5 Å². The van der Waals surface area contributed by atoms with Gasteiger partial charge in [-0.15, -0.1) is 11.3 Å². The first kappa shape index (κ1) is 39.3. The van der Waals surface area contributed by atoms with Crippen LogP contribution in [0.2, 0.25) is 0 Å². The molecule has 4 aliphatic heterocycles. The number of fused-ring (bicyclic) bond motifs is 2. The zero-order chi connectivity index (χ0) is 39.7. The van der Waals surface area contributed by atoms with Crippen molar-refractivity contribution in [2.24, 2.45) is 5.92 Å². The van der Waals surface area contributed by atoms with E-state index in [1.165, 1.54) is 11.3 Å². The fraction of sp³-hybridized carbons (Fsp3) is 0.465. The number of esters is 1. The predicted molar refractivity (Wildman–Crippen MR) is 218 cm³/mol. The number of carbonyl (C=O) groups is 4. The number of ether oxygens (including phenoxy) is 1. The topological polar surface area (TPSA) is 138 Å².